The molecule has 0 aromatic heterocycles. The molecule has 0 radical (unpaired) electrons. The van der Waals surface area contributed by atoms with Gasteiger partial charge in [0.1, 0.15) is 0 Å². The van der Waals surface area contributed by atoms with Crippen molar-refractivity contribution in [3.63, 3.8) is 0 Å². The first kappa shape index (κ1) is 18.2. The lowest BCUT2D eigenvalue weighted by Crippen LogP contribution is -2.41. The van der Waals surface area contributed by atoms with Crippen molar-refractivity contribution in [3.05, 3.63) is 0 Å². The van der Waals surface area contributed by atoms with Crippen molar-refractivity contribution in [2.45, 2.75) is 85.4 Å². The Morgan fingerprint density at radius 2 is 1.50 bits per heavy atom. The highest BCUT2D eigenvalue weighted by Gasteiger charge is 2.36. The predicted molar refractivity (Wildman–Crippen MR) is 85.6 cm³/mol. The van der Waals surface area contributed by atoms with E-state index in [2.05, 4.69) is 54.6 Å². The summed E-state index contributed by atoms with van der Waals surface area (Å²) in [7, 11) is -1.52. The molecule has 1 nitrogen and oxygen atoms in total. The second-order valence-corrected chi connectivity index (χ2v) is 12.6. The summed E-state index contributed by atoms with van der Waals surface area (Å²) >= 11 is 0. The first-order valence-electron chi connectivity index (χ1n) is 7.70. The number of rotatable bonds is 8. The summed E-state index contributed by atoms with van der Waals surface area (Å²) in [4.78, 5) is 0. The predicted octanol–water partition coefficient (Wildman–Crippen LogP) is 5.86. The summed E-state index contributed by atoms with van der Waals surface area (Å²) in [6.07, 6.45) is 5.33. The van der Waals surface area contributed by atoms with Crippen LogP contribution in [-0.4, -0.2) is 14.9 Å². The van der Waals surface area contributed by atoms with Gasteiger partial charge in [-0.05, 0) is 36.4 Å². The Morgan fingerprint density at radius 1 is 0.944 bits per heavy atom. The maximum absolute atomic E-state index is 6.23. The third-order valence-corrected chi connectivity index (χ3v) is 8.90. The van der Waals surface area contributed by atoms with Crippen LogP contribution in [0, 0.1) is 11.8 Å². The van der Waals surface area contributed by atoms with E-state index in [4.69, 9.17) is 4.43 Å². The van der Waals surface area contributed by atoms with Crippen molar-refractivity contribution in [3.8, 4) is 0 Å². The maximum Gasteiger partial charge on any atom is 0.191 e. The van der Waals surface area contributed by atoms with E-state index in [0.29, 0.717) is 5.04 Å². The number of hydrogen-bond donors (Lipinski definition) is 0. The quantitative estimate of drug-likeness (QED) is 0.503. The van der Waals surface area contributed by atoms with E-state index in [-0.39, 0.29) is 0 Å². The van der Waals surface area contributed by atoms with Crippen LogP contribution in [0.25, 0.3) is 0 Å². The lowest BCUT2D eigenvalue weighted by atomic mass is 9.98. The third-order valence-electron chi connectivity index (χ3n) is 4.36. The van der Waals surface area contributed by atoms with E-state index in [1.807, 2.05) is 0 Å². The molecule has 0 heterocycles. The fourth-order valence-corrected chi connectivity index (χ4v) is 2.81. The van der Waals surface area contributed by atoms with Gasteiger partial charge in [-0.25, -0.2) is 0 Å². The van der Waals surface area contributed by atoms with E-state index in [1.54, 1.807) is 0 Å². The molecule has 0 aromatic rings. The van der Waals surface area contributed by atoms with Crippen molar-refractivity contribution < 1.29 is 4.43 Å². The minimum absolute atomic E-state index is 0.341. The highest BCUT2D eigenvalue weighted by Crippen LogP contribution is 2.36. The normalized spacial score (nSPS) is 15.2. The van der Waals surface area contributed by atoms with Gasteiger partial charge in [-0.3, -0.25) is 0 Å². The van der Waals surface area contributed by atoms with E-state index in [1.165, 1.54) is 25.7 Å². The molecule has 0 rings (SSSR count). The van der Waals surface area contributed by atoms with E-state index in [0.717, 1.165) is 18.4 Å². The van der Waals surface area contributed by atoms with Gasteiger partial charge < -0.3 is 4.43 Å². The van der Waals surface area contributed by atoms with E-state index in [9.17, 15) is 0 Å². The Kier molecular flexibility index (Phi) is 7.77. The summed E-state index contributed by atoms with van der Waals surface area (Å²) in [5.74, 6) is 1.66. The molecule has 0 spiro atoms. The van der Waals surface area contributed by atoms with E-state index >= 15 is 0 Å². The van der Waals surface area contributed by atoms with Crippen LogP contribution in [0.2, 0.25) is 18.1 Å². The molecule has 0 saturated heterocycles. The van der Waals surface area contributed by atoms with Crippen LogP contribution < -0.4 is 0 Å². The Bertz CT molecular complexity index is 216. The molecular formula is C16H36OSi. The molecule has 0 amide bonds. The first-order valence-corrected chi connectivity index (χ1v) is 10.6. The SMILES string of the molecule is CC(C)CCCC(C)CCO[Si](C)(C)C(C)(C)C. The molecule has 0 aliphatic carbocycles. The van der Waals surface area contributed by atoms with Gasteiger partial charge in [-0.15, -0.1) is 0 Å². The molecule has 0 fully saturated rings. The van der Waals surface area contributed by atoms with Crippen molar-refractivity contribution in [1.29, 1.82) is 0 Å². The van der Waals surface area contributed by atoms with Crippen LogP contribution in [0.1, 0.15) is 67.2 Å². The molecule has 0 aromatic carbocycles. The lowest BCUT2D eigenvalue weighted by Gasteiger charge is -2.36. The lowest BCUT2D eigenvalue weighted by molar-refractivity contribution is 0.254. The minimum Gasteiger partial charge on any atom is -0.417 e. The van der Waals surface area contributed by atoms with Gasteiger partial charge in [-0.2, -0.15) is 0 Å². The minimum atomic E-state index is -1.52. The molecule has 0 N–H and O–H groups in total. The Hall–Kier alpha value is 0.177. The average molecular weight is 273 g/mol. The average Bonchev–Trinajstić information content (AvgIpc) is 2.14. The van der Waals surface area contributed by atoms with Crippen molar-refractivity contribution >= 4 is 8.32 Å². The Labute approximate surface area is 117 Å². The monoisotopic (exact) mass is 272 g/mol. The second-order valence-electron chi connectivity index (χ2n) is 7.83. The smallest absolute Gasteiger partial charge is 0.191 e. The summed E-state index contributed by atoms with van der Waals surface area (Å²) in [6, 6.07) is 0. The van der Waals surface area contributed by atoms with E-state index < -0.39 is 8.32 Å². The van der Waals surface area contributed by atoms with Crippen LogP contribution in [0.3, 0.4) is 0 Å². The summed E-state index contributed by atoms with van der Waals surface area (Å²) in [6.45, 7) is 19.6. The zero-order valence-electron chi connectivity index (χ0n) is 14.1. The third kappa shape index (κ3) is 7.58. The van der Waals surface area contributed by atoms with Crippen LogP contribution in [-0.2, 0) is 4.43 Å². The molecule has 0 bridgehead atoms. The highest BCUT2D eigenvalue weighted by molar-refractivity contribution is 6.74. The largest absolute Gasteiger partial charge is 0.417 e. The molecule has 1 atom stereocenters. The molecule has 18 heavy (non-hydrogen) atoms. The molecule has 2 heteroatoms. The summed E-state index contributed by atoms with van der Waals surface area (Å²) in [5, 5.41) is 0.341. The second kappa shape index (κ2) is 7.69. The van der Waals surface area contributed by atoms with Gasteiger partial charge in [0.15, 0.2) is 8.32 Å². The molecular weight excluding hydrogens is 236 g/mol. The molecule has 0 saturated carbocycles. The van der Waals surface area contributed by atoms with Gasteiger partial charge in [-0.1, -0.05) is 60.8 Å². The molecule has 110 valence electrons. The van der Waals surface area contributed by atoms with Crippen molar-refractivity contribution in [2.75, 3.05) is 6.61 Å². The van der Waals surface area contributed by atoms with Gasteiger partial charge in [0.2, 0.25) is 0 Å². The van der Waals surface area contributed by atoms with Gasteiger partial charge in [0.05, 0.1) is 0 Å². The van der Waals surface area contributed by atoms with Gasteiger partial charge in [0.25, 0.3) is 0 Å². The maximum atomic E-state index is 6.23. The van der Waals surface area contributed by atoms with Crippen LogP contribution in [0.5, 0.6) is 0 Å². The zero-order chi connectivity index (χ0) is 14.4. The fraction of sp³-hybridized carbons (Fsp3) is 1.00. The van der Waals surface area contributed by atoms with Crippen molar-refractivity contribution in [2.24, 2.45) is 11.8 Å². The highest BCUT2D eigenvalue weighted by atomic mass is 28.4. The zero-order valence-corrected chi connectivity index (χ0v) is 15.1. The van der Waals surface area contributed by atoms with Crippen molar-refractivity contribution in [1.82, 2.24) is 0 Å². The van der Waals surface area contributed by atoms with Crippen LogP contribution >= 0.6 is 0 Å². The standard InChI is InChI=1S/C16H36OSi/c1-14(2)10-9-11-15(3)12-13-17-18(7,8)16(4,5)6/h14-15H,9-13H2,1-8H3. The van der Waals surface area contributed by atoms with Crippen LogP contribution in [0.15, 0.2) is 0 Å². The van der Waals surface area contributed by atoms with Gasteiger partial charge in [0, 0.05) is 6.61 Å². The first-order chi connectivity index (χ1) is 8.06. The fourth-order valence-electron chi connectivity index (χ4n) is 1.75. The summed E-state index contributed by atoms with van der Waals surface area (Å²) < 4.78 is 6.23. The number of hydrogen-bond acceptors (Lipinski definition) is 1. The van der Waals surface area contributed by atoms with Gasteiger partial charge >= 0.3 is 0 Å². The molecule has 1 unspecified atom stereocenters. The molecule has 0 aliphatic rings. The summed E-state index contributed by atoms with van der Waals surface area (Å²) in [5.41, 5.74) is 0. The van der Waals surface area contributed by atoms with Crippen LogP contribution in [0.4, 0.5) is 0 Å². The molecule has 0 aliphatic heterocycles. The Balaban J connectivity index is 3.77. The topological polar surface area (TPSA) is 9.23 Å². The Morgan fingerprint density at radius 3 is 1.94 bits per heavy atom.